The van der Waals surface area contributed by atoms with Gasteiger partial charge in [0.1, 0.15) is 12.2 Å². The quantitative estimate of drug-likeness (QED) is 0.0337. The molecule has 0 aromatic carbocycles. The van der Waals surface area contributed by atoms with Crippen LogP contribution in [0.4, 0.5) is 0 Å². The fourth-order valence-electron chi connectivity index (χ4n) is 9.90. The van der Waals surface area contributed by atoms with Gasteiger partial charge in [-0.25, -0.2) is 0 Å². The van der Waals surface area contributed by atoms with Gasteiger partial charge in [0.15, 0.2) is 0 Å². The first-order valence-corrected chi connectivity index (χ1v) is 32.1. The Hall–Kier alpha value is -2.12. The molecule has 0 N–H and O–H groups in total. The van der Waals surface area contributed by atoms with Gasteiger partial charge < -0.3 is 18.9 Å². The maximum absolute atomic E-state index is 12.6. The van der Waals surface area contributed by atoms with E-state index in [9.17, 15) is 19.2 Å². The van der Waals surface area contributed by atoms with Crippen LogP contribution in [-0.2, 0) is 38.1 Å². The van der Waals surface area contributed by atoms with Gasteiger partial charge in [-0.05, 0) is 89.9 Å². The van der Waals surface area contributed by atoms with Gasteiger partial charge in [-0.2, -0.15) is 0 Å². The molecule has 0 aliphatic carbocycles. The molecule has 0 aliphatic rings. The number of ether oxygens (including phenoxy) is 4. The normalized spacial score (nSPS) is 12.2. The van der Waals surface area contributed by atoms with Crippen LogP contribution < -0.4 is 0 Å². The molecule has 2 atom stereocenters. The van der Waals surface area contributed by atoms with Crippen LogP contribution in [0.3, 0.4) is 0 Å². The SMILES string of the molecule is CCCCCCCCCC(=O)OC(CCCCCC)CCCCCCCCC(=O)OCCCCCCCCCCOC(=O)CCCCCCCCC(CCCCCCCC)OC(=O)CCCCCCCCC. The Balaban J connectivity index is 3.81. The number of unbranched alkanes of at least 4 members (excludes halogenated alkanes) is 37. The number of carbonyl (C=O) groups is 4. The summed E-state index contributed by atoms with van der Waals surface area (Å²) in [4.78, 5) is 49.7. The lowest BCUT2D eigenvalue weighted by Crippen LogP contribution is -2.18. The number of rotatable bonds is 59. The van der Waals surface area contributed by atoms with Crippen LogP contribution in [0.5, 0.6) is 0 Å². The lowest BCUT2D eigenvalue weighted by Gasteiger charge is -2.18. The summed E-state index contributed by atoms with van der Waals surface area (Å²) >= 11 is 0. The predicted molar refractivity (Wildman–Crippen MR) is 304 cm³/mol. The molecular formula is C64H122O8. The van der Waals surface area contributed by atoms with Gasteiger partial charge in [0.05, 0.1) is 13.2 Å². The average Bonchev–Trinajstić information content (AvgIpc) is 3.37. The second-order valence-electron chi connectivity index (χ2n) is 22.0. The maximum Gasteiger partial charge on any atom is 0.306 e. The van der Waals surface area contributed by atoms with Crippen LogP contribution >= 0.6 is 0 Å². The molecule has 8 nitrogen and oxygen atoms in total. The van der Waals surface area contributed by atoms with Crippen molar-refractivity contribution >= 4 is 23.9 Å². The standard InChI is InChI=1S/C64H122O8/c1-5-9-13-17-22-35-45-55-63(67)71-59(49-39-16-12-8-4)51-41-31-24-26-33-43-53-61(65)69-57-47-37-28-20-21-29-38-48-58-70-62(66)54-44-34-27-25-32-42-52-60(50-40-30-19-15-11-7-3)72-64(68)56-46-36-23-18-14-10-6-2/h59-60H,5-58H2,1-4H3. The highest BCUT2D eigenvalue weighted by molar-refractivity contribution is 5.70. The summed E-state index contributed by atoms with van der Waals surface area (Å²) in [7, 11) is 0. The van der Waals surface area contributed by atoms with E-state index >= 15 is 0 Å². The van der Waals surface area contributed by atoms with Gasteiger partial charge >= 0.3 is 23.9 Å². The molecule has 0 spiro atoms. The Morgan fingerprint density at radius 3 is 0.694 bits per heavy atom. The van der Waals surface area contributed by atoms with E-state index in [0.717, 1.165) is 154 Å². The van der Waals surface area contributed by atoms with Gasteiger partial charge in [-0.15, -0.1) is 0 Å². The number of hydrogen-bond donors (Lipinski definition) is 0. The van der Waals surface area contributed by atoms with E-state index in [-0.39, 0.29) is 36.1 Å². The summed E-state index contributed by atoms with van der Waals surface area (Å²) in [6.07, 6.45) is 57.7. The highest BCUT2D eigenvalue weighted by Gasteiger charge is 2.16. The highest BCUT2D eigenvalue weighted by Crippen LogP contribution is 2.21. The van der Waals surface area contributed by atoms with Crippen molar-refractivity contribution in [3.63, 3.8) is 0 Å². The lowest BCUT2D eigenvalue weighted by molar-refractivity contribution is -0.151. The van der Waals surface area contributed by atoms with Crippen molar-refractivity contribution in [2.75, 3.05) is 13.2 Å². The van der Waals surface area contributed by atoms with Crippen LogP contribution in [-0.4, -0.2) is 49.3 Å². The van der Waals surface area contributed by atoms with Crippen molar-refractivity contribution in [2.45, 2.75) is 374 Å². The van der Waals surface area contributed by atoms with Crippen LogP contribution in [0.25, 0.3) is 0 Å². The van der Waals surface area contributed by atoms with Crippen molar-refractivity contribution in [3.8, 4) is 0 Å². The molecular weight excluding hydrogens is 897 g/mol. The second-order valence-corrected chi connectivity index (χ2v) is 22.0. The van der Waals surface area contributed by atoms with E-state index < -0.39 is 0 Å². The third kappa shape index (κ3) is 54.2. The van der Waals surface area contributed by atoms with Gasteiger partial charge in [-0.1, -0.05) is 246 Å². The number of esters is 4. The van der Waals surface area contributed by atoms with Crippen LogP contribution in [0.1, 0.15) is 362 Å². The summed E-state index contributed by atoms with van der Waals surface area (Å²) in [5, 5.41) is 0. The number of carbonyl (C=O) groups excluding carboxylic acids is 4. The van der Waals surface area contributed by atoms with E-state index in [1.165, 1.54) is 154 Å². The Labute approximate surface area is 447 Å². The zero-order chi connectivity index (χ0) is 52.5. The molecule has 0 aromatic rings. The van der Waals surface area contributed by atoms with Crippen molar-refractivity contribution < 1.29 is 38.1 Å². The molecule has 0 rings (SSSR count). The molecule has 8 heteroatoms. The largest absolute Gasteiger partial charge is 0.466 e. The molecule has 0 aliphatic heterocycles. The van der Waals surface area contributed by atoms with Gasteiger partial charge in [-0.3, -0.25) is 19.2 Å². The molecule has 2 unspecified atom stereocenters. The lowest BCUT2D eigenvalue weighted by atomic mass is 10.0. The van der Waals surface area contributed by atoms with E-state index in [4.69, 9.17) is 18.9 Å². The topological polar surface area (TPSA) is 105 Å². The minimum Gasteiger partial charge on any atom is -0.466 e. The Morgan fingerprint density at radius 2 is 0.431 bits per heavy atom. The van der Waals surface area contributed by atoms with Crippen LogP contribution in [0.2, 0.25) is 0 Å². The minimum atomic E-state index is -0.0560. The van der Waals surface area contributed by atoms with Gasteiger partial charge in [0, 0.05) is 25.7 Å². The summed E-state index contributed by atoms with van der Waals surface area (Å²) in [6, 6.07) is 0. The van der Waals surface area contributed by atoms with Crippen molar-refractivity contribution in [1.82, 2.24) is 0 Å². The Kier molecular flexibility index (Phi) is 56.4. The predicted octanol–water partition coefficient (Wildman–Crippen LogP) is 20.3. The molecule has 0 saturated heterocycles. The molecule has 0 bridgehead atoms. The third-order valence-corrected chi connectivity index (χ3v) is 14.7. The van der Waals surface area contributed by atoms with E-state index in [0.29, 0.717) is 38.9 Å². The fraction of sp³-hybridized carbons (Fsp3) is 0.938. The molecule has 0 aromatic heterocycles. The van der Waals surface area contributed by atoms with E-state index in [1.807, 2.05) is 0 Å². The van der Waals surface area contributed by atoms with Crippen molar-refractivity contribution in [2.24, 2.45) is 0 Å². The first kappa shape index (κ1) is 69.9. The molecule has 72 heavy (non-hydrogen) atoms. The number of hydrogen-bond acceptors (Lipinski definition) is 8. The third-order valence-electron chi connectivity index (χ3n) is 14.7. The Morgan fingerprint density at radius 1 is 0.236 bits per heavy atom. The van der Waals surface area contributed by atoms with E-state index in [1.54, 1.807) is 0 Å². The van der Waals surface area contributed by atoms with Gasteiger partial charge in [0.25, 0.3) is 0 Å². The Bertz CT molecular complexity index is 1160. The summed E-state index contributed by atoms with van der Waals surface area (Å²) < 4.78 is 23.0. The second kappa shape index (κ2) is 58.1. The first-order chi connectivity index (χ1) is 35.4. The van der Waals surface area contributed by atoms with Crippen LogP contribution in [0, 0.1) is 0 Å². The first-order valence-electron chi connectivity index (χ1n) is 32.1. The zero-order valence-electron chi connectivity index (χ0n) is 48.6. The summed E-state index contributed by atoms with van der Waals surface area (Å²) in [5.41, 5.74) is 0. The molecule has 0 fully saturated rings. The van der Waals surface area contributed by atoms with Gasteiger partial charge in [0.2, 0.25) is 0 Å². The summed E-state index contributed by atoms with van der Waals surface area (Å²) in [6.45, 7) is 10.0. The van der Waals surface area contributed by atoms with Crippen molar-refractivity contribution in [3.05, 3.63) is 0 Å². The highest BCUT2D eigenvalue weighted by atomic mass is 16.6. The monoisotopic (exact) mass is 1020 g/mol. The smallest absolute Gasteiger partial charge is 0.306 e. The maximum atomic E-state index is 12.6. The summed E-state index contributed by atoms with van der Waals surface area (Å²) in [5.74, 6) is -0.0969. The van der Waals surface area contributed by atoms with Crippen molar-refractivity contribution in [1.29, 1.82) is 0 Å². The molecule has 0 heterocycles. The fourth-order valence-corrected chi connectivity index (χ4v) is 9.90. The molecule has 426 valence electrons. The zero-order valence-corrected chi connectivity index (χ0v) is 48.6. The molecule has 0 radical (unpaired) electrons. The minimum absolute atomic E-state index is 0.00460. The molecule has 0 amide bonds. The van der Waals surface area contributed by atoms with Crippen LogP contribution in [0.15, 0.2) is 0 Å². The molecule has 0 saturated carbocycles. The van der Waals surface area contributed by atoms with E-state index in [2.05, 4.69) is 27.7 Å². The average molecular weight is 1020 g/mol.